The molecule has 0 bridgehead atoms. The Balaban J connectivity index is 2.48. The molecule has 128 valence electrons. The Hall–Kier alpha value is -2.19. The zero-order valence-electron chi connectivity index (χ0n) is 12.3. The maximum Gasteiger partial charge on any atom is 0.339 e. The molecule has 1 N–H and O–H groups in total. The molecule has 0 aliphatic rings. The molecule has 0 spiro atoms. The number of sulfonamides is 1. The summed E-state index contributed by atoms with van der Waals surface area (Å²) >= 11 is 5.75. The van der Waals surface area contributed by atoms with Crippen molar-refractivity contribution in [1.29, 1.82) is 0 Å². The summed E-state index contributed by atoms with van der Waals surface area (Å²) in [6.45, 7) is 1.58. The minimum Gasteiger partial charge on any atom is -0.462 e. The molecule has 24 heavy (non-hydrogen) atoms. The largest absolute Gasteiger partial charge is 0.462 e. The normalized spacial score (nSPS) is 11.2. The van der Waals surface area contributed by atoms with E-state index in [0.29, 0.717) is 6.07 Å². The minimum atomic E-state index is -4.49. The van der Waals surface area contributed by atoms with Gasteiger partial charge in [0.25, 0.3) is 10.0 Å². The van der Waals surface area contributed by atoms with Crippen LogP contribution in [-0.2, 0) is 14.8 Å². The second kappa shape index (κ2) is 7.14. The van der Waals surface area contributed by atoms with E-state index in [1.165, 1.54) is 18.2 Å². The van der Waals surface area contributed by atoms with E-state index in [0.717, 1.165) is 12.1 Å². The van der Waals surface area contributed by atoms with E-state index in [1.54, 1.807) is 6.92 Å². The van der Waals surface area contributed by atoms with Gasteiger partial charge in [-0.25, -0.2) is 22.0 Å². The predicted octanol–water partition coefficient (Wildman–Crippen LogP) is 3.60. The lowest BCUT2D eigenvalue weighted by Crippen LogP contribution is -2.17. The number of carbonyl (C=O) groups is 1. The highest BCUT2D eigenvalue weighted by Crippen LogP contribution is 2.27. The second-order valence-corrected chi connectivity index (χ2v) is 6.63. The highest BCUT2D eigenvalue weighted by atomic mass is 35.5. The Labute approximate surface area is 142 Å². The van der Waals surface area contributed by atoms with E-state index in [9.17, 15) is 22.0 Å². The van der Waals surface area contributed by atoms with Crippen LogP contribution in [0.2, 0.25) is 5.02 Å². The van der Waals surface area contributed by atoms with E-state index in [4.69, 9.17) is 16.3 Å². The van der Waals surface area contributed by atoms with Gasteiger partial charge in [-0.05, 0) is 31.2 Å². The van der Waals surface area contributed by atoms with Gasteiger partial charge in [0.05, 0.1) is 22.9 Å². The average Bonchev–Trinajstić information content (AvgIpc) is 2.49. The zero-order chi connectivity index (χ0) is 17.9. The summed E-state index contributed by atoms with van der Waals surface area (Å²) in [5.41, 5.74) is -0.668. The number of ether oxygens (including phenoxy) is 1. The van der Waals surface area contributed by atoms with Crippen molar-refractivity contribution >= 4 is 33.3 Å². The molecule has 9 heteroatoms. The first-order valence-electron chi connectivity index (χ1n) is 6.69. The van der Waals surface area contributed by atoms with Gasteiger partial charge in [0, 0.05) is 0 Å². The number of hydrogen-bond donors (Lipinski definition) is 1. The SMILES string of the molecule is CCOC(=O)c1cc(S(=O)(=O)Nc2ccccc2F)c(F)cc1Cl. The van der Waals surface area contributed by atoms with Crippen LogP contribution >= 0.6 is 11.6 Å². The molecule has 2 aromatic carbocycles. The summed E-state index contributed by atoms with van der Waals surface area (Å²) < 4.78 is 58.9. The molecule has 0 unspecified atom stereocenters. The smallest absolute Gasteiger partial charge is 0.339 e. The molecular formula is C15H12ClF2NO4S. The van der Waals surface area contributed by atoms with Gasteiger partial charge in [0.2, 0.25) is 0 Å². The van der Waals surface area contributed by atoms with Gasteiger partial charge >= 0.3 is 5.97 Å². The quantitative estimate of drug-likeness (QED) is 0.810. The molecule has 0 aromatic heterocycles. The van der Waals surface area contributed by atoms with Gasteiger partial charge < -0.3 is 4.74 Å². The summed E-state index contributed by atoms with van der Waals surface area (Å²) in [5, 5.41) is -0.296. The fourth-order valence-corrected chi connectivity index (χ4v) is 3.23. The standard InChI is InChI=1S/C15H12ClF2NO4S/c1-2-23-15(20)9-7-14(12(18)8-10(9)16)24(21,22)19-13-6-4-3-5-11(13)17/h3-8,19H,2H2,1H3. The number of carbonyl (C=O) groups excluding carboxylic acids is 1. The van der Waals surface area contributed by atoms with Crippen molar-refractivity contribution in [2.75, 3.05) is 11.3 Å². The lowest BCUT2D eigenvalue weighted by molar-refractivity contribution is 0.0526. The molecule has 0 atom stereocenters. The maximum absolute atomic E-state index is 14.0. The molecule has 2 rings (SSSR count). The van der Waals surface area contributed by atoms with Crippen molar-refractivity contribution in [1.82, 2.24) is 0 Å². The van der Waals surface area contributed by atoms with Crippen LogP contribution in [-0.4, -0.2) is 21.0 Å². The molecule has 0 heterocycles. The first-order valence-corrected chi connectivity index (χ1v) is 8.56. The molecule has 0 saturated carbocycles. The Bertz CT molecular complexity index is 887. The monoisotopic (exact) mass is 375 g/mol. The van der Waals surface area contributed by atoms with E-state index < -0.39 is 32.5 Å². The second-order valence-electron chi connectivity index (χ2n) is 4.57. The minimum absolute atomic E-state index is 0.0299. The van der Waals surface area contributed by atoms with Crippen molar-refractivity contribution in [3.05, 3.63) is 58.6 Å². The van der Waals surface area contributed by atoms with Gasteiger partial charge in [-0.2, -0.15) is 0 Å². The lowest BCUT2D eigenvalue weighted by Gasteiger charge is -2.12. The van der Waals surface area contributed by atoms with Gasteiger partial charge in [0.1, 0.15) is 16.5 Å². The van der Waals surface area contributed by atoms with Crippen LogP contribution in [0.25, 0.3) is 0 Å². The fourth-order valence-electron chi connectivity index (χ4n) is 1.84. The first-order chi connectivity index (χ1) is 11.3. The number of hydrogen-bond acceptors (Lipinski definition) is 4. The number of esters is 1. The molecule has 0 amide bonds. The number of para-hydroxylation sites is 1. The van der Waals surface area contributed by atoms with Crippen molar-refractivity contribution in [3.8, 4) is 0 Å². The summed E-state index contributed by atoms with van der Waals surface area (Å²) in [6, 6.07) is 6.42. The van der Waals surface area contributed by atoms with Crippen LogP contribution in [0, 0.1) is 11.6 Å². The van der Waals surface area contributed by atoms with Crippen LogP contribution < -0.4 is 4.72 Å². The summed E-state index contributed by atoms with van der Waals surface area (Å²) in [4.78, 5) is 10.9. The topological polar surface area (TPSA) is 72.5 Å². The summed E-state index contributed by atoms with van der Waals surface area (Å²) in [7, 11) is -4.49. The number of anilines is 1. The van der Waals surface area contributed by atoms with E-state index in [-0.39, 0.29) is 22.9 Å². The third-order valence-corrected chi connectivity index (χ3v) is 4.62. The highest BCUT2D eigenvalue weighted by molar-refractivity contribution is 7.92. The average molecular weight is 376 g/mol. The van der Waals surface area contributed by atoms with Crippen LogP contribution in [0.15, 0.2) is 41.3 Å². The van der Waals surface area contributed by atoms with Gasteiger partial charge in [0.15, 0.2) is 0 Å². The van der Waals surface area contributed by atoms with E-state index in [2.05, 4.69) is 0 Å². The van der Waals surface area contributed by atoms with Crippen LogP contribution in [0.5, 0.6) is 0 Å². The molecule has 0 aliphatic heterocycles. The van der Waals surface area contributed by atoms with Crippen molar-refractivity contribution in [3.63, 3.8) is 0 Å². The van der Waals surface area contributed by atoms with Gasteiger partial charge in [-0.1, -0.05) is 23.7 Å². The Morgan fingerprint density at radius 3 is 2.50 bits per heavy atom. The third-order valence-electron chi connectivity index (χ3n) is 2.92. The van der Waals surface area contributed by atoms with Crippen molar-refractivity contribution in [2.24, 2.45) is 0 Å². The molecule has 0 saturated heterocycles. The Morgan fingerprint density at radius 1 is 1.21 bits per heavy atom. The molecule has 0 fully saturated rings. The molecule has 0 radical (unpaired) electrons. The number of rotatable bonds is 5. The Morgan fingerprint density at radius 2 is 1.88 bits per heavy atom. The van der Waals surface area contributed by atoms with Crippen LogP contribution in [0.4, 0.5) is 14.5 Å². The molecule has 2 aromatic rings. The van der Waals surface area contributed by atoms with Gasteiger partial charge in [-0.15, -0.1) is 0 Å². The lowest BCUT2D eigenvalue weighted by atomic mass is 10.2. The Kier molecular flexibility index (Phi) is 5.40. The fraction of sp³-hybridized carbons (Fsp3) is 0.133. The highest BCUT2D eigenvalue weighted by Gasteiger charge is 2.25. The molecule has 5 nitrogen and oxygen atoms in total. The van der Waals surface area contributed by atoms with Crippen LogP contribution in [0.1, 0.15) is 17.3 Å². The predicted molar refractivity (Wildman–Crippen MR) is 84.6 cm³/mol. The molecular weight excluding hydrogens is 364 g/mol. The van der Waals surface area contributed by atoms with Crippen LogP contribution in [0.3, 0.4) is 0 Å². The third kappa shape index (κ3) is 3.82. The van der Waals surface area contributed by atoms with Crippen molar-refractivity contribution in [2.45, 2.75) is 11.8 Å². The number of benzene rings is 2. The molecule has 0 aliphatic carbocycles. The van der Waals surface area contributed by atoms with E-state index >= 15 is 0 Å². The number of halogens is 3. The van der Waals surface area contributed by atoms with Gasteiger partial charge in [-0.3, -0.25) is 4.72 Å². The summed E-state index contributed by atoms with van der Waals surface area (Å²) in [6.07, 6.45) is 0. The maximum atomic E-state index is 14.0. The van der Waals surface area contributed by atoms with Crippen molar-refractivity contribution < 1.29 is 26.7 Å². The summed E-state index contributed by atoms with van der Waals surface area (Å²) in [5.74, 6) is -2.91. The number of nitrogens with one attached hydrogen (secondary N) is 1. The zero-order valence-corrected chi connectivity index (χ0v) is 13.9. The van der Waals surface area contributed by atoms with E-state index in [1.807, 2.05) is 4.72 Å². The first kappa shape index (κ1) is 18.2.